The number of nitrogens with two attached hydrogens (primary N) is 1. The molecule has 0 aliphatic heterocycles. The summed E-state index contributed by atoms with van der Waals surface area (Å²) in [4.78, 5) is 0. The van der Waals surface area contributed by atoms with Crippen molar-refractivity contribution in [3.8, 4) is 0 Å². The third kappa shape index (κ3) is 4.97. The summed E-state index contributed by atoms with van der Waals surface area (Å²) in [5.41, 5.74) is 5.53. The van der Waals surface area contributed by atoms with Gasteiger partial charge in [0, 0.05) is 12.6 Å². The molecular weight excluding hydrogens is 172 g/mol. The maximum Gasteiger partial charge on any atom is 0.0161 e. The van der Waals surface area contributed by atoms with Crippen LogP contribution in [0.5, 0.6) is 0 Å². The lowest BCUT2D eigenvalue weighted by atomic mass is 9.86. The third-order valence-corrected chi connectivity index (χ3v) is 3.36. The summed E-state index contributed by atoms with van der Waals surface area (Å²) in [5, 5.41) is 3.45. The van der Waals surface area contributed by atoms with Crippen LogP contribution in [-0.4, -0.2) is 19.1 Å². The van der Waals surface area contributed by atoms with Crippen LogP contribution in [0.1, 0.15) is 51.9 Å². The van der Waals surface area contributed by atoms with Crippen LogP contribution in [0.4, 0.5) is 0 Å². The van der Waals surface area contributed by atoms with Crippen molar-refractivity contribution in [2.75, 3.05) is 13.1 Å². The normalized spacial score (nSPS) is 21.0. The van der Waals surface area contributed by atoms with Gasteiger partial charge in [0.1, 0.15) is 0 Å². The first-order valence-electron chi connectivity index (χ1n) is 6.26. The van der Waals surface area contributed by atoms with E-state index < -0.39 is 0 Å². The minimum Gasteiger partial charge on any atom is -0.329 e. The topological polar surface area (TPSA) is 38.0 Å². The Labute approximate surface area is 88.6 Å². The second-order valence-electron chi connectivity index (χ2n) is 4.74. The Balaban J connectivity index is 1.92. The van der Waals surface area contributed by atoms with E-state index in [0.717, 1.165) is 19.0 Å². The molecular formula is C12H26N2. The first-order chi connectivity index (χ1) is 6.83. The van der Waals surface area contributed by atoms with Gasteiger partial charge < -0.3 is 11.1 Å². The van der Waals surface area contributed by atoms with Crippen LogP contribution in [0.3, 0.4) is 0 Å². The van der Waals surface area contributed by atoms with Crippen molar-refractivity contribution in [1.29, 1.82) is 0 Å². The SMILES string of the molecule is C[C@H](CN)NCCCC1CCCCC1. The Morgan fingerprint density at radius 1 is 1.29 bits per heavy atom. The van der Waals surface area contributed by atoms with Gasteiger partial charge in [0.2, 0.25) is 0 Å². The van der Waals surface area contributed by atoms with E-state index in [1.807, 2.05) is 0 Å². The molecule has 0 radical (unpaired) electrons. The minimum atomic E-state index is 0.487. The van der Waals surface area contributed by atoms with Gasteiger partial charge in [0.15, 0.2) is 0 Å². The lowest BCUT2D eigenvalue weighted by molar-refractivity contribution is 0.328. The standard InChI is InChI=1S/C12H26N2/c1-11(10-13)14-9-5-8-12-6-3-2-4-7-12/h11-12,14H,2-10,13H2,1H3/t11-/m1/s1. The van der Waals surface area contributed by atoms with E-state index in [9.17, 15) is 0 Å². The molecule has 0 unspecified atom stereocenters. The molecule has 1 atom stereocenters. The molecule has 0 spiro atoms. The van der Waals surface area contributed by atoms with E-state index in [4.69, 9.17) is 5.73 Å². The minimum absolute atomic E-state index is 0.487. The zero-order valence-electron chi connectivity index (χ0n) is 9.60. The van der Waals surface area contributed by atoms with Gasteiger partial charge in [-0.2, -0.15) is 0 Å². The number of nitrogens with one attached hydrogen (secondary N) is 1. The Bertz CT molecular complexity index is 130. The average Bonchev–Trinajstić information content (AvgIpc) is 2.25. The molecule has 1 aliphatic rings. The summed E-state index contributed by atoms with van der Waals surface area (Å²) in [5.74, 6) is 1.03. The molecule has 0 aromatic rings. The van der Waals surface area contributed by atoms with Crippen molar-refractivity contribution in [2.45, 2.75) is 57.9 Å². The van der Waals surface area contributed by atoms with E-state index in [0.29, 0.717) is 6.04 Å². The molecule has 0 saturated heterocycles. The molecule has 3 N–H and O–H groups in total. The van der Waals surface area contributed by atoms with Crippen molar-refractivity contribution in [3.63, 3.8) is 0 Å². The highest BCUT2D eigenvalue weighted by Gasteiger charge is 2.12. The summed E-state index contributed by atoms with van der Waals surface area (Å²) in [7, 11) is 0. The zero-order chi connectivity index (χ0) is 10.2. The van der Waals surface area contributed by atoms with Gasteiger partial charge in [-0.05, 0) is 32.2 Å². The van der Waals surface area contributed by atoms with Crippen molar-refractivity contribution < 1.29 is 0 Å². The van der Waals surface area contributed by atoms with Gasteiger partial charge in [-0.15, -0.1) is 0 Å². The smallest absolute Gasteiger partial charge is 0.0161 e. The van der Waals surface area contributed by atoms with Gasteiger partial charge in [-0.1, -0.05) is 32.1 Å². The number of rotatable bonds is 6. The molecule has 0 aromatic carbocycles. The monoisotopic (exact) mass is 198 g/mol. The Kier molecular flexibility index (Phi) is 6.20. The van der Waals surface area contributed by atoms with Crippen molar-refractivity contribution in [1.82, 2.24) is 5.32 Å². The lowest BCUT2D eigenvalue weighted by Crippen LogP contribution is -2.33. The second kappa shape index (κ2) is 7.24. The first kappa shape index (κ1) is 12.0. The molecule has 1 fully saturated rings. The van der Waals surface area contributed by atoms with Gasteiger partial charge >= 0.3 is 0 Å². The van der Waals surface area contributed by atoms with E-state index in [2.05, 4.69) is 12.2 Å². The third-order valence-electron chi connectivity index (χ3n) is 3.36. The van der Waals surface area contributed by atoms with Crippen LogP contribution < -0.4 is 11.1 Å². The van der Waals surface area contributed by atoms with Crippen LogP contribution >= 0.6 is 0 Å². The average molecular weight is 198 g/mol. The Morgan fingerprint density at radius 2 is 2.00 bits per heavy atom. The maximum absolute atomic E-state index is 5.53. The second-order valence-corrected chi connectivity index (χ2v) is 4.74. The number of hydrogen-bond donors (Lipinski definition) is 2. The van der Waals surface area contributed by atoms with Crippen LogP contribution in [0.2, 0.25) is 0 Å². The molecule has 1 aliphatic carbocycles. The molecule has 1 rings (SSSR count). The first-order valence-corrected chi connectivity index (χ1v) is 6.26. The van der Waals surface area contributed by atoms with E-state index in [-0.39, 0.29) is 0 Å². The van der Waals surface area contributed by atoms with Crippen LogP contribution in [0, 0.1) is 5.92 Å². The molecule has 0 bridgehead atoms. The Hall–Kier alpha value is -0.0800. The Morgan fingerprint density at radius 3 is 2.64 bits per heavy atom. The lowest BCUT2D eigenvalue weighted by Gasteiger charge is -2.21. The fraction of sp³-hybridized carbons (Fsp3) is 1.00. The van der Waals surface area contributed by atoms with E-state index >= 15 is 0 Å². The summed E-state index contributed by atoms with van der Waals surface area (Å²) >= 11 is 0. The molecule has 2 heteroatoms. The van der Waals surface area contributed by atoms with Gasteiger partial charge in [-0.3, -0.25) is 0 Å². The van der Waals surface area contributed by atoms with Crippen LogP contribution in [-0.2, 0) is 0 Å². The summed E-state index contributed by atoms with van der Waals surface area (Å²) in [6.45, 7) is 4.05. The zero-order valence-corrected chi connectivity index (χ0v) is 9.60. The summed E-state index contributed by atoms with van der Waals surface area (Å²) in [6.07, 6.45) is 10.1. The molecule has 1 saturated carbocycles. The van der Waals surface area contributed by atoms with E-state index in [1.165, 1.54) is 44.9 Å². The maximum atomic E-state index is 5.53. The van der Waals surface area contributed by atoms with Crippen LogP contribution in [0.25, 0.3) is 0 Å². The fourth-order valence-electron chi connectivity index (χ4n) is 2.30. The highest BCUT2D eigenvalue weighted by Crippen LogP contribution is 2.26. The summed E-state index contributed by atoms with van der Waals surface area (Å²) in [6, 6.07) is 0.487. The molecule has 0 amide bonds. The van der Waals surface area contributed by atoms with Gasteiger partial charge in [0.25, 0.3) is 0 Å². The van der Waals surface area contributed by atoms with Crippen molar-refractivity contribution in [2.24, 2.45) is 11.7 Å². The molecule has 2 nitrogen and oxygen atoms in total. The predicted molar refractivity (Wildman–Crippen MR) is 62.3 cm³/mol. The van der Waals surface area contributed by atoms with E-state index in [1.54, 1.807) is 0 Å². The highest BCUT2D eigenvalue weighted by atomic mass is 14.9. The van der Waals surface area contributed by atoms with Gasteiger partial charge in [-0.25, -0.2) is 0 Å². The summed E-state index contributed by atoms with van der Waals surface area (Å²) < 4.78 is 0. The highest BCUT2D eigenvalue weighted by molar-refractivity contribution is 4.67. The molecule has 14 heavy (non-hydrogen) atoms. The fourth-order valence-corrected chi connectivity index (χ4v) is 2.30. The molecule has 0 heterocycles. The van der Waals surface area contributed by atoms with Crippen LogP contribution in [0.15, 0.2) is 0 Å². The predicted octanol–water partition coefficient (Wildman–Crippen LogP) is 2.28. The quantitative estimate of drug-likeness (QED) is 0.643. The number of hydrogen-bond acceptors (Lipinski definition) is 2. The van der Waals surface area contributed by atoms with Crippen molar-refractivity contribution in [3.05, 3.63) is 0 Å². The largest absolute Gasteiger partial charge is 0.329 e. The molecule has 0 aromatic heterocycles. The molecule has 84 valence electrons. The van der Waals surface area contributed by atoms with Gasteiger partial charge in [0.05, 0.1) is 0 Å². The van der Waals surface area contributed by atoms with Crippen molar-refractivity contribution >= 4 is 0 Å².